The maximum absolute atomic E-state index is 11.9. The Morgan fingerprint density at radius 2 is 1.86 bits per heavy atom. The lowest BCUT2D eigenvalue weighted by molar-refractivity contribution is 0.341. The van der Waals surface area contributed by atoms with Crippen LogP contribution in [0.15, 0.2) is 48.5 Å². The van der Waals surface area contributed by atoms with Gasteiger partial charge in [0.05, 0.1) is 0 Å². The summed E-state index contributed by atoms with van der Waals surface area (Å²) in [4.78, 5) is 0. The lowest BCUT2D eigenvalue weighted by atomic mass is 10.2. The van der Waals surface area contributed by atoms with E-state index in [0.717, 1.165) is 5.56 Å². The minimum atomic E-state index is -3.43. The number of nitrogens with two attached hydrogens (primary N) is 1. The quantitative estimate of drug-likeness (QED) is 0.803. The minimum Gasteiger partial charge on any atom is -0.492 e. The van der Waals surface area contributed by atoms with Gasteiger partial charge in [0.1, 0.15) is 18.1 Å². The number of nitrogen functional groups attached to an aromatic ring is 1. The van der Waals surface area contributed by atoms with E-state index in [1.165, 1.54) is 0 Å². The van der Waals surface area contributed by atoms with Gasteiger partial charge in [0, 0.05) is 11.4 Å². The Morgan fingerprint density at radius 3 is 2.52 bits per heavy atom. The highest BCUT2D eigenvalue weighted by atomic mass is 32.2. The largest absolute Gasteiger partial charge is 0.492 e. The summed E-state index contributed by atoms with van der Waals surface area (Å²) in [6.45, 7) is 1.98. The van der Waals surface area contributed by atoms with Crippen LogP contribution in [-0.2, 0) is 10.0 Å². The number of ether oxygens (including phenoxy) is 1. The first kappa shape index (κ1) is 15.2. The van der Waals surface area contributed by atoms with Gasteiger partial charge in [-0.15, -0.1) is 0 Å². The highest BCUT2D eigenvalue weighted by Gasteiger charge is 2.10. The van der Waals surface area contributed by atoms with Gasteiger partial charge in [0.2, 0.25) is 10.0 Å². The van der Waals surface area contributed by atoms with Crippen LogP contribution in [0.3, 0.4) is 0 Å². The minimum absolute atomic E-state index is 0.0745. The van der Waals surface area contributed by atoms with E-state index in [4.69, 9.17) is 10.5 Å². The summed E-state index contributed by atoms with van der Waals surface area (Å²) in [6, 6.07) is 14.0. The highest BCUT2D eigenvalue weighted by Crippen LogP contribution is 2.14. The summed E-state index contributed by atoms with van der Waals surface area (Å²) in [5.41, 5.74) is 7.75. The second kappa shape index (κ2) is 6.49. The number of hydrogen-bond acceptors (Lipinski definition) is 4. The van der Waals surface area contributed by atoms with Crippen LogP contribution in [0.25, 0.3) is 0 Å². The van der Waals surface area contributed by atoms with Gasteiger partial charge in [-0.05, 0) is 48.9 Å². The Balaban J connectivity index is 1.88. The number of aryl methyl sites for hydroxylation is 1. The van der Waals surface area contributed by atoms with E-state index in [2.05, 4.69) is 4.72 Å². The average Bonchev–Trinajstić information content (AvgIpc) is 2.40. The highest BCUT2D eigenvalue weighted by molar-refractivity contribution is 7.92. The molecule has 6 heteroatoms. The molecule has 0 aliphatic rings. The van der Waals surface area contributed by atoms with Crippen molar-refractivity contribution in [3.63, 3.8) is 0 Å². The average molecular weight is 306 g/mol. The number of benzene rings is 2. The van der Waals surface area contributed by atoms with Crippen LogP contribution in [0.5, 0.6) is 5.75 Å². The van der Waals surface area contributed by atoms with E-state index in [-0.39, 0.29) is 12.4 Å². The fourth-order valence-corrected chi connectivity index (χ4v) is 2.66. The summed E-state index contributed by atoms with van der Waals surface area (Å²) in [7, 11) is -3.43. The summed E-state index contributed by atoms with van der Waals surface area (Å²) < 4.78 is 31.8. The van der Waals surface area contributed by atoms with Crippen LogP contribution in [-0.4, -0.2) is 20.8 Å². The van der Waals surface area contributed by atoms with Gasteiger partial charge in [0.15, 0.2) is 0 Å². The predicted octanol–water partition coefficient (Wildman–Crippen LogP) is 2.40. The molecule has 2 rings (SSSR count). The van der Waals surface area contributed by atoms with Crippen molar-refractivity contribution in [3.05, 3.63) is 54.1 Å². The van der Waals surface area contributed by atoms with E-state index in [0.29, 0.717) is 17.1 Å². The molecule has 0 bridgehead atoms. The summed E-state index contributed by atoms with van der Waals surface area (Å²) in [6.07, 6.45) is 0. The van der Waals surface area contributed by atoms with E-state index in [1.807, 2.05) is 13.0 Å². The van der Waals surface area contributed by atoms with Crippen molar-refractivity contribution in [2.24, 2.45) is 0 Å². The van der Waals surface area contributed by atoms with Gasteiger partial charge in [-0.1, -0.05) is 12.1 Å². The van der Waals surface area contributed by atoms with Crippen LogP contribution < -0.4 is 15.2 Å². The normalized spacial score (nSPS) is 11.1. The Labute approximate surface area is 124 Å². The predicted molar refractivity (Wildman–Crippen MR) is 84.9 cm³/mol. The molecule has 0 spiro atoms. The van der Waals surface area contributed by atoms with Crippen LogP contribution in [0, 0.1) is 6.92 Å². The van der Waals surface area contributed by atoms with Crippen molar-refractivity contribution < 1.29 is 13.2 Å². The van der Waals surface area contributed by atoms with Crippen molar-refractivity contribution in [3.8, 4) is 5.75 Å². The number of nitrogens with one attached hydrogen (secondary N) is 1. The summed E-state index contributed by atoms with van der Waals surface area (Å²) in [5, 5.41) is 0. The molecule has 0 amide bonds. The fourth-order valence-electron chi connectivity index (χ4n) is 1.77. The standard InChI is InChI=1S/C15H18N2O3S/c1-12-3-2-4-14(11-12)17-21(18,19)10-9-20-15-7-5-13(16)6-8-15/h2-8,11,17H,9-10,16H2,1H3. The molecule has 21 heavy (non-hydrogen) atoms. The molecule has 0 aromatic heterocycles. The van der Waals surface area contributed by atoms with Gasteiger partial charge in [-0.25, -0.2) is 8.42 Å². The fraction of sp³-hybridized carbons (Fsp3) is 0.200. The van der Waals surface area contributed by atoms with Crippen LogP contribution in [0.1, 0.15) is 5.56 Å². The number of hydrogen-bond donors (Lipinski definition) is 2. The zero-order valence-electron chi connectivity index (χ0n) is 11.7. The number of sulfonamides is 1. The lowest BCUT2D eigenvalue weighted by Crippen LogP contribution is -2.21. The molecular formula is C15H18N2O3S. The Bertz CT molecular complexity index is 697. The van der Waals surface area contributed by atoms with Gasteiger partial charge in [-0.2, -0.15) is 0 Å². The molecule has 0 aliphatic carbocycles. The maximum atomic E-state index is 11.9. The van der Waals surface area contributed by atoms with Crippen molar-refractivity contribution in [1.82, 2.24) is 0 Å². The van der Waals surface area contributed by atoms with Gasteiger partial charge in [0.25, 0.3) is 0 Å². The maximum Gasteiger partial charge on any atom is 0.236 e. The third-order valence-corrected chi connectivity index (χ3v) is 4.04. The lowest BCUT2D eigenvalue weighted by Gasteiger charge is -2.10. The number of anilines is 2. The molecule has 3 N–H and O–H groups in total. The summed E-state index contributed by atoms with van der Waals surface area (Å²) >= 11 is 0. The molecule has 2 aromatic rings. The first-order valence-electron chi connectivity index (χ1n) is 6.50. The number of rotatable bonds is 6. The van der Waals surface area contributed by atoms with Gasteiger partial charge < -0.3 is 10.5 Å². The zero-order chi connectivity index (χ0) is 15.3. The third-order valence-electron chi connectivity index (χ3n) is 2.79. The van der Waals surface area contributed by atoms with Crippen LogP contribution in [0.2, 0.25) is 0 Å². The van der Waals surface area contributed by atoms with Crippen molar-refractivity contribution in [2.75, 3.05) is 22.8 Å². The third kappa shape index (κ3) is 5.00. The van der Waals surface area contributed by atoms with Gasteiger partial charge in [-0.3, -0.25) is 4.72 Å². The molecule has 0 unspecified atom stereocenters. The van der Waals surface area contributed by atoms with Crippen molar-refractivity contribution >= 4 is 21.4 Å². The van der Waals surface area contributed by atoms with Crippen LogP contribution >= 0.6 is 0 Å². The van der Waals surface area contributed by atoms with E-state index in [1.54, 1.807) is 42.5 Å². The topological polar surface area (TPSA) is 81.4 Å². The molecule has 0 atom stereocenters. The molecule has 0 saturated heterocycles. The molecule has 2 aromatic carbocycles. The van der Waals surface area contributed by atoms with Crippen molar-refractivity contribution in [1.29, 1.82) is 0 Å². The molecule has 0 fully saturated rings. The molecule has 0 heterocycles. The van der Waals surface area contributed by atoms with Crippen molar-refractivity contribution in [2.45, 2.75) is 6.92 Å². The second-order valence-electron chi connectivity index (χ2n) is 4.71. The Kier molecular flexibility index (Phi) is 4.70. The Morgan fingerprint density at radius 1 is 1.14 bits per heavy atom. The van der Waals surface area contributed by atoms with Crippen LogP contribution in [0.4, 0.5) is 11.4 Å². The van der Waals surface area contributed by atoms with E-state index < -0.39 is 10.0 Å². The Hall–Kier alpha value is -2.21. The van der Waals surface area contributed by atoms with E-state index >= 15 is 0 Å². The van der Waals surface area contributed by atoms with E-state index in [9.17, 15) is 8.42 Å². The molecule has 5 nitrogen and oxygen atoms in total. The van der Waals surface area contributed by atoms with Gasteiger partial charge >= 0.3 is 0 Å². The second-order valence-corrected chi connectivity index (χ2v) is 6.55. The monoisotopic (exact) mass is 306 g/mol. The molecule has 112 valence electrons. The zero-order valence-corrected chi connectivity index (χ0v) is 12.6. The summed E-state index contributed by atoms with van der Waals surface area (Å²) in [5.74, 6) is 0.473. The smallest absolute Gasteiger partial charge is 0.236 e. The first-order valence-corrected chi connectivity index (χ1v) is 8.15. The molecule has 0 saturated carbocycles. The molecule has 0 radical (unpaired) electrons. The molecular weight excluding hydrogens is 288 g/mol. The molecule has 0 aliphatic heterocycles. The first-order chi connectivity index (χ1) is 9.94. The SMILES string of the molecule is Cc1cccc(NS(=O)(=O)CCOc2ccc(N)cc2)c1.